The van der Waals surface area contributed by atoms with Gasteiger partial charge in [0, 0.05) is 19.8 Å². The summed E-state index contributed by atoms with van der Waals surface area (Å²) in [6.45, 7) is 1.95. The minimum atomic E-state index is -0.159. The number of anilines is 1. The summed E-state index contributed by atoms with van der Waals surface area (Å²) in [5.41, 5.74) is 1.65. The van der Waals surface area contributed by atoms with E-state index >= 15 is 0 Å². The van der Waals surface area contributed by atoms with Gasteiger partial charge in [-0.15, -0.1) is 0 Å². The molecule has 0 fully saturated rings. The fraction of sp³-hybridized carbons (Fsp3) is 0.0769. The molecule has 0 aliphatic carbocycles. The largest absolute Gasteiger partial charge is 0.307 e. The van der Waals surface area contributed by atoms with Crippen molar-refractivity contribution in [2.75, 3.05) is 5.32 Å². The summed E-state index contributed by atoms with van der Waals surface area (Å²) in [5.74, 6) is 0.395. The molecular weight excluding hydrogens is 407 g/mol. The van der Waals surface area contributed by atoms with Crippen LogP contribution < -0.4 is 5.32 Å². The Bertz CT molecular complexity index is 564. The van der Waals surface area contributed by atoms with Crippen LogP contribution in [-0.4, -0.2) is 10.9 Å². The van der Waals surface area contributed by atoms with Crippen molar-refractivity contribution in [3.8, 4) is 0 Å². The zero-order chi connectivity index (χ0) is 13.1. The number of nitrogens with zero attached hydrogens (tertiary/aromatic N) is 1. The minimum absolute atomic E-state index is 0.159. The number of carbonyl (C=O) groups is 1. The van der Waals surface area contributed by atoms with Gasteiger partial charge in [0.15, 0.2) is 0 Å². The van der Waals surface area contributed by atoms with Gasteiger partial charge in [-0.1, -0.05) is 15.9 Å². The minimum Gasteiger partial charge on any atom is -0.307 e. The van der Waals surface area contributed by atoms with Crippen molar-refractivity contribution in [2.45, 2.75) is 6.92 Å². The van der Waals surface area contributed by atoms with Crippen LogP contribution in [0.15, 0.2) is 41.0 Å². The van der Waals surface area contributed by atoms with E-state index in [9.17, 15) is 4.79 Å². The smallest absolute Gasteiger partial charge is 0.256 e. The van der Waals surface area contributed by atoms with Crippen molar-refractivity contribution in [1.82, 2.24) is 4.98 Å². The highest BCUT2D eigenvalue weighted by atomic mass is 127. The molecule has 3 nitrogen and oxygen atoms in total. The van der Waals surface area contributed by atoms with Gasteiger partial charge < -0.3 is 5.32 Å². The lowest BCUT2D eigenvalue weighted by atomic mass is 10.1. The Morgan fingerprint density at radius 3 is 2.72 bits per heavy atom. The molecule has 1 aromatic carbocycles. The van der Waals surface area contributed by atoms with Crippen molar-refractivity contribution < 1.29 is 4.79 Å². The highest BCUT2D eigenvalue weighted by Gasteiger charge is 2.08. The van der Waals surface area contributed by atoms with Crippen LogP contribution in [0, 0.1) is 10.5 Å². The number of carbonyl (C=O) groups excluding carboxylic acids is 1. The van der Waals surface area contributed by atoms with Crippen molar-refractivity contribution in [2.24, 2.45) is 0 Å². The van der Waals surface area contributed by atoms with Gasteiger partial charge in [0.25, 0.3) is 5.91 Å². The van der Waals surface area contributed by atoms with E-state index in [2.05, 4.69) is 48.8 Å². The molecule has 2 rings (SSSR count). The Balaban J connectivity index is 2.19. The van der Waals surface area contributed by atoms with Crippen LogP contribution in [-0.2, 0) is 0 Å². The summed E-state index contributed by atoms with van der Waals surface area (Å²) in [4.78, 5) is 16.2. The molecule has 2 aromatic rings. The van der Waals surface area contributed by atoms with Crippen molar-refractivity contribution >= 4 is 50.2 Å². The topological polar surface area (TPSA) is 42.0 Å². The molecule has 1 N–H and O–H groups in total. The van der Waals surface area contributed by atoms with Gasteiger partial charge in [0.1, 0.15) is 5.82 Å². The van der Waals surface area contributed by atoms with Crippen LogP contribution in [0.3, 0.4) is 0 Å². The van der Waals surface area contributed by atoms with Gasteiger partial charge in [-0.25, -0.2) is 4.98 Å². The van der Waals surface area contributed by atoms with Gasteiger partial charge in [-0.3, -0.25) is 4.79 Å². The van der Waals surface area contributed by atoms with E-state index in [1.165, 1.54) is 0 Å². The maximum Gasteiger partial charge on any atom is 0.256 e. The highest BCUT2D eigenvalue weighted by Crippen LogP contribution is 2.16. The summed E-state index contributed by atoms with van der Waals surface area (Å²) in [7, 11) is 0. The number of amides is 1. The highest BCUT2D eigenvalue weighted by molar-refractivity contribution is 14.1. The second-order valence-electron chi connectivity index (χ2n) is 3.83. The lowest BCUT2D eigenvalue weighted by molar-refractivity contribution is 0.102. The molecule has 0 aliphatic heterocycles. The van der Waals surface area contributed by atoms with E-state index in [4.69, 9.17) is 0 Å². The number of halogens is 2. The maximum absolute atomic E-state index is 12.0. The van der Waals surface area contributed by atoms with Crippen LogP contribution in [0.2, 0.25) is 0 Å². The van der Waals surface area contributed by atoms with Crippen molar-refractivity contribution in [1.29, 1.82) is 0 Å². The van der Waals surface area contributed by atoms with Crippen LogP contribution in [0.5, 0.6) is 0 Å². The average molecular weight is 417 g/mol. The summed E-state index contributed by atoms with van der Waals surface area (Å²) < 4.78 is 1.92. The van der Waals surface area contributed by atoms with E-state index in [1.807, 2.05) is 25.1 Å². The van der Waals surface area contributed by atoms with Crippen molar-refractivity contribution in [3.05, 3.63) is 55.7 Å². The van der Waals surface area contributed by atoms with E-state index in [0.717, 1.165) is 13.6 Å². The predicted octanol–water partition coefficient (Wildman–Crippen LogP) is 4.01. The van der Waals surface area contributed by atoms with Gasteiger partial charge >= 0.3 is 0 Å². The Hall–Kier alpha value is -0.950. The Morgan fingerprint density at radius 1 is 1.33 bits per heavy atom. The standard InChI is InChI=1S/C13H10BrIN2O/c1-8-4-9(6-10(14)5-8)13(18)17-12-3-2-11(15)7-16-12/h2-7H,1H3,(H,16,17,18). The molecule has 1 amide bonds. The lowest BCUT2D eigenvalue weighted by Gasteiger charge is -2.06. The molecule has 0 atom stereocenters. The molecular formula is C13H10BrIN2O. The SMILES string of the molecule is Cc1cc(Br)cc(C(=O)Nc2ccc(I)cn2)c1. The van der Waals surface area contributed by atoms with Gasteiger partial charge in [-0.05, 0) is 65.4 Å². The number of aryl methyl sites for hydroxylation is 1. The fourth-order valence-electron chi connectivity index (χ4n) is 1.51. The number of benzene rings is 1. The molecule has 0 radical (unpaired) electrons. The number of pyridine rings is 1. The summed E-state index contributed by atoms with van der Waals surface area (Å²) in [6.07, 6.45) is 1.71. The third-order valence-corrected chi connectivity index (χ3v) is 3.37. The molecule has 0 aliphatic rings. The maximum atomic E-state index is 12.0. The fourth-order valence-corrected chi connectivity index (χ4v) is 2.43. The first kappa shape index (κ1) is 13.5. The van der Waals surface area contributed by atoms with Crippen LogP contribution in [0.4, 0.5) is 5.82 Å². The quantitative estimate of drug-likeness (QED) is 0.751. The molecule has 18 heavy (non-hydrogen) atoms. The molecule has 0 saturated carbocycles. The van der Waals surface area contributed by atoms with E-state index in [1.54, 1.807) is 18.3 Å². The number of hydrogen-bond donors (Lipinski definition) is 1. The zero-order valence-corrected chi connectivity index (χ0v) is 13.3. The molecule has 1 heterocycles. The van der Waals surface area contributed by atoms with Crippen LogP contribution in [0.1, 0.15) is 15.9 Å². The second kappa shape index (κ2) is 5.79. The Kier molecular flexibility index (Phi) is 4.34. The normalized spacial score (nSPS) is 10.2. The number of aromatic nitrogens is 1. The molecule has 0 unspecified atom stereocenters. The second-order valence-corrected chi connectivity index (χ2v) is 5.99. The first-order chi connectivity index (χ1) is 8.54. The average Bonchev–Trinajstić information content (AvgIpc) is 2.31. The van der Waals surface area contributed by atoms with E-state index in [0.29, 0.717) is 11.4 Å². The first-order valence-corrected chi connectivity index (χ1v) is 7.12. The molecule has 0 bridgehead atoms. The number of hydrogen-bond acceptors (Lipinski definition) is 2. The molecule has 1 aromatic heterocycles. The predicted molar refractivity (Wildman–Crippen MR) is 83.8 cm³/mol. The van der Waals surface area contributed by atoms with Crippen molar-refractivity contribution in [3.63, 3.8) is 0 Å². The van der Waals surface area contributed by atoms with Gasteiger partial charge in [0.05, 0.1) is 0 Å². The lowest BCUT2D eigenvalue weighted by Crippen LogP contribution is -2.13. The molecule has 0 spiro atoms. The van der Waals surface area contributed by atoms with Gasteiger partial charge in [0.2, 0.25) is 0 Å². The summed E-state index contributed by atoms with van der Waals surface area (Å²) in [5, 5.41) is 2.77. The van der Waals surface area contributed by atoms with Gasteiger partial charge in [-0.2, -0.15) is 0 Å². The molecule has 5 heteroatoms. The number of rotatable bonds is 2. The Labute approximate surface area is 127 Å². The summed E-state index contributed by atoms with van der Waals surface area (Å²) >= 11 is 5.55. The van der Waals surface area contributed by atoms with Crippen LogP contribution >= 0.6 is 38.5 Å². The van der Waals surface area contributed by atoms with Crippen LogP contribution in [0.25, 0.3) is 0 Å². The van der Waals surface area contributed by atoms with E-state index in [-0.39, 0.29) is 5.91 Å². The molecule has 0 saturated heterocycles. The van der Waals surface area contributed by atoms with E-state index < -0.39 is 0 Å². The first-order valence-electron chi connectivity index (χ1n) is 5.25. The molecule has 92 valence electrons. The monoisotopic (exact) mass is 416 g/mol. The third kappa shape index (κ3) is 3.52. The summed E-state index contributed by atoms with van der Waals surface area (Å²) in [6, 6.07) is 9.27. The zero-order valence-electron chi connectivity index (χ0n) is 9.58. The third-order valence-electron chi connectivity index (χ3n) is 2.27. The number of nitrogens with one attached hydrogen (secondary N) is 1. The Morgan fingerprint density at radius 2 is 2.11 bits per heavy atom.